The van der Waals surface area contributed by atoms with E-state index in [2.05, 4.69) is 0 Å². The molecule has 1 atom stereocenters. The summed E-state index contributed by atoms with van der Waals surface area (Å²) in [4.78, 5) is 11.5. The zero-order chi connectivity index (χ0) is 11.4. The standard InChI is InChI=1S/C13H15FO2/c14-11-5-7-12(8-6-11)16-9-10-3-1-2-4-13(10)15/h5-8,10H,1-4,9H2. The minimum absolute atomic E-state index is 0.0267. The summed E-state index contributed by atoms with van der Waals surface area (Å²) in [5.41, 5.74) is 0. The van der Waals surface area contributed by atoms with Crippen molar-refractivity contribution in [3.05, 3.63) is 30.1 Å². The second-order valence-corrected chi connectivity index (χ2v) is 4.17. The Morgan fingerprint density at radius 3 is 2.69 bits per heavy atom. The van der Waals surface area contributed by atoms with Gasteiger partial charge in [-0.2, -0.15) is 0 Å². The minimum atomic E-state index is -0.277. The summed E-state index contributed by atoms with van der Waals surface area (Å²) in [7, 11) is 0. The van der Waals surface area contributed by atoms with Gasteiger partial charge >= 0.3 is 0 Å². The van der Waals surface area contributed by atoms with Gasteiger partial charge in [0, 0.05) is 6.42 Å². The number of carbonyl (C=O) groups is 1. The van der Waals surface area contributed by atoms with Crippen molar-refractivity contribution in [3.63, 3.8) is 0 Å². The fraction of sp³-hybridized carbons (Fsp3) is 0.462. The first kappa shape index (κ1) is 11.1. The molecule has 0 amide bonds. The van der Waals surface area contributed by atoms with Gasteiger partial charge in [0.15, 0.2) is 0 Å². The fourth-order valence-corrected chi connectivity index (χ4v) is 1.96. The van der Waals surface area contributed by atoms with E-state index in [1.165, 1.54) is 12.1 Å². The Bertz CT molecular complexity index is 359. The summed E-state index contributed by atoms with van der Waals surface area (Å²) in [6.07, 6.45) is 3.70. The molecule has 0 spiro atoms. The van der Waals surface area contributed by atoms with Gasteiger partial charge < -0.3 is 4.74 Å². The number of hydrogen-bond donors (Lipinski definition) is 0. The Morgan fingerprint density at radius 1 is 1.25 bits per heavy atom. The molecule has 0 radical (unpaired) electrons. The summed E-state index contributed by atoms with van der Waals surface area (Å²) < 4.78 is 18.1. The number of ketones is 1. The van der Waals surface area contributed by atoms with E-state index in [1.807, 2.05) is 0 Å². The van der Waals surface area contributed by atoms with Crippen LogP contribution in [0.1, 0.15) is 25.7 Å². The highest BCUT2D eigenvalue weighted by Crippen LogP contribution is 2.22. The SMILES string of the molecule is O=C1CCCCC1COc1ccc(F)cc1. The molecule has 1 unspecified atom stereocenters. The van der Waals surface area contributed by atoms with Gasteiger partial charge in [0.05, 0.1) is 12.5 Å². The molecule has 1 aromatic rings. The van der Waals surface area contributed by atoms with Crippen molar-refractivity contribution in [2.75, 3.05) is 6.61 Å². The van der Waals surface area contributed by atoms with Crippen LogP contribution < -0.4 is 4.74 Å². The minimum Gasteiger partial charge on any atom is -0.493 e. The molecule has 16 heavy (non-hydrogen) atoms. The summed E-state index contributed by atoms with van der Waals surface area (Å²) in [6, 6.07) is 5.89. The van der Waals surface area contributed by atoms with Gasteiger partial charge in [-0.3, -0.25) is 4.79 Å². The maximum absolute atomic E-state index is 12.6. The number of carbonyl (C=O) groups excluding carboxylic acids is 1. The quantitative estimate of drug-likeness (QED) is 0.786. The molecule has 2 rings (SSSR count). The van der Waals surface area contributed by atoms with E-state index in [1.54, 1.807) is 12.1 Å². The second-order valence-electron chi connectivity index (χ2n) is 4.17. The van der Waals surface area contributed by atoms with Gasteiger partial charge in [-0.25, -0.2) is 4.39 Å². The lowest BCUT2D eigenvalue weighted by Crippen LogP contribution is -2.25. The molecule has 1 fully saturated rings. The molecule has 3 heteroatoms. The van der Waals surface area contributed by atoms with E-state index in [4.69, 9.17) is 4.74 Å². The lowest BCUT2D eigenvalue weighted by molar-refractivity contribution is -0.125. The molecule has 1 saturated carbocycles. The van der Waals surface area contributed by atoms with Gasteiger partial charge in [-0.15, -0.1) is 0 Å². The average molecular weight is 222 g/mol. The molecule has 1 aliphatic rings. The molecule has 2 nitrogen and oxygen atoms in total. The summed E-state index contributed by atoms with van der Waals surface area (Å²) in [6.45, 7) is 0.421. The van der Waals surface area contributed by atoms with Gasteiger partial charge in [-0.1, -0.05) is 6.42 Å². The smallest absolute Gasteiger partial charge is 0.139 e. The van der Waals surface area contributed by atoms with E-state index in [0.29, 0.717) is 24.6 Å². The maximum atomic E-state index is 12.6. The molecule has 1 aliphatic carbocycles. The van der Waals surface area contributed by atoms with E-state index in [9.17, 15) is 9.18 Å². The van der Waals surface area contributed by atoms with E-state index >= 15 is 0 Å². The maximum Gasteiger partial charge on any atom is 0.139 e. The number of halogens is 1. The van der Waals surface area contributed by atoms with Crippen LogP contribution in [0.2, 0.25) is 0 Å². The van der Waals surface area contributed by atoms with Crippen molar-refractivity contribution in [2.45, 2.75) is 25.7 Å². The number of rotatable bonds is 3. The number of Topliss-reactive ketones (excluding diaryl/α,β-unsaturated/α-hetero) is 1. The molecule has 86 valence electrons. The summed E-state index contributed by atoms with van der Waals surface area (Å²) in [5, 5.41) is 0. The van der Waals surface area contributed by atoms with Crippen LogP contribution in [0.15, 0.2) is 24.3 Å². The molecule has 0 N–H and O–H groups in total. The zero-order valence-electron chi connectivity index (χ0n) is 9.12. The van der Waals surface area contributed by atoms with Crippen molar-refractivity contribution in [3.8, 4) is 5.75 Å². The molecule has 0 aromatic heterocycles. The first-order chi connectivity index (χ1) is 7.75. The fourth-order valence-electron chi connectivity index (χ4n) is 1.96. The molecule has 0 saturated heterocycles. The molecule has 0 aliphatic heterocycles. The first-order valence-electron chi connectivity index (χ1n) is 5.67. The van der Waals surface area contributed by atoms with Crippen LogP contribution in [0.5, 0.6) is 5.75 Å². The monoisotopic (exact) mass is 222 g/mol. The first-order valence-corrected chi connectivity index (χ1v) is 5.67. The molecule has 1 aromatic carbocycles. The van der Waals surface area contributed by atoms with Crippen molar-refractivity contribution < 1.29 is 13.9 Å². The molecule has 0 bridgehead atoms. The predicted molar refractivity (Wildman–Crippen MR) is 58.9 cm³/mol. The van der Waals surface area contributed by atoms with Gasteiger partial charge in [0.1, 0.15) is 17.3 Å². The van der Waals surface area contributed by atoms with Crippen LogP contribution in [0.25, 0.3) is 0 Å². The third-order valence-corrected chi connectivity index (χ3v) is 2.95. The lowest BCUT2D eigenvalue weighted by Gasteiger charge is -2.20. The Hall–Kier alpha value is -1.38. The van der Waals surface area contributed by atoms with Gasteiger partial charge in [0.2, 0.25) is 0 Å². The van der Waals surface area contributed by atoms with Gasteiger partial charge in [-0.05, 0) is 37.1 Å². The van der Waals surface area contributed by atoms with Crippen LogP contribution in [-0.2, 0) is 4.79 Å². The Morgan fingerprint density at radius 2 is 2.00 bits per heavy atom. The molecular weight excluding hydrogens is 207 g/mol. The van der Waals surface area contributed by atoms with Crippen molar-refractivity contribution in [1.82, 2.24) is 0 Å². The highest BCUT2D eigenvalue weighted by atomic mass is 19.1. The average Bonchev–Trinajstić information content (AvgIpc) is 2.30. The largest absolute Gasteiger partial charge is 0.493 e. The number of benzene rings is 1. The van der Waals surface area contributed by atoms with Gasteiger partial charge in [0.25, 0.3) is 0 Å². The van der Waals surface area contributed by atoms with E-state index < -0.39 is 0 Å². The zero-order valence-corrected chi connectivity index (χ0v) is 9.12. The van der Waals surface area contributed by atoms with Crippen LogP contribution in [0.4, 0.5) is 4.39 Å². The highest BCUT2D eigenvalue weighted by Gasteiger charge is 2.22. The van der Waals surface area contributed by atoms with Crippen LogP contribution in [-0.4, -0.2) is 12.4 Å². The van der Waals surface area contributed by atoms with Crippen molar-refractivity contribution in [1.29, 1.82) is 0 Å². The predicted octanol–water partition coefficient (Wildman–Crippen LogP) is 2.96. The van der Waals surface area contributed by atoms with Crippen molar-refractivity contribution in [2.24, 2.45) is 5.92 Å². The molecule has 0 heterocycles. The Balaban J connectivity index is 1.86. The van der Waals surface area contributed by atoms with Crippen LogP contribution in [0.3, 0.4) is 0 Å². The lowest BCUT2D eigenvalue weighted by atomic mass is 9.89. The topological polar surface area (TPSA) is 26.3 Å². The van der Waals surface area contributed by atoms with Crippen LogP contribution >= 0.6 is 0 Å². The van der Waals surface area contributed by atoms with E-state index in [-0.39, 0.29) is 11.7 Å². The number of ether oxygens (including phenoxy) is 1. The van der Waals surface area contributed by atoms with Crippen molar-refractivity contribution >= 4 is 5.78 Å². The Labute approximate surface area is 94.4 Å². The third kappa shape index (κ3) is 2.81. The third-order valence-electron chi connectivity index (χ3n) is 2.95. The van der Waals surface area contributed by atoms with Crippen LogP contribution in [0, 0.1) is 11.7 Å². The van der Waals surface area contributed by atoms with E-state index in [0.717, 1.165) is 19.3 Å². The number of hydrogen-bond acceptors (Lipinski definition) is 2. The highest BCUT2D eigenvalue weighted by molar-refractivity contribution is 5.81. The molecular formula is C13H15FO2. The summed E-state index contributed by atoms with van der Waals surface area (Å²) >= 11 is 0. The summed E-state index contributed by atoms with van der Waals surface area (Å²) in [5.74, 6) is 0.674. The normalized spacial score (nSPS) is 20.8. The Kier molecular flexibility index (Phi) is 3.54. The second kappa shape index (κ2) is 5.10.